The summed E-state index contributed by atoms with van der Waals surface area (Å²) in [4.78, 5) is 43.3. The number of carbonyl (C=O) groups excluding carboxylic acids is 3. The van der Waals surface area contributed by atoms with Crippen LogP contribution in [0.5, 0.6) is 5.75 Å². The third-order valence-electron chi connectivity index (χ3n) is 6.93. The van der Waals surface area contributed by atoms with Crippen LogP contribution in [0.3, 0.4) is 0 Å². The van der Waals surface area contributed by atoms with Crippen LogP contribution in [0.1, 0.15) is 89.1 Å². The standard InChI is InChI=1S/C32H45N3O5/c1-20-11-9-12-21(2)26(20)27(28(37)34-31(3,4)5)35(23-13-10-14-23)29(38)25(33-30(39)40-32(6,7)8)19-22-15-17-24(36)18-16-22/h9,11-12,15-18,23,25,27,36H,10,13-14,19H2,1-8H3,(H,33,39)(H,34,37). The number of benzene rings is 2. The molecule has 3 amide bonds. The van der Waals surface area contributed by atoms with Crippen LogP contribution in [0.2, 0.25) is 0 Å². The molecular formula is C32H45N3O5. The number of phenolic OH excluding ortho intramolecular Hbond substituents is 1. The molecule has 0 heterocycles. The Bertz CT molecular complexity index is 1190. The normalized spacial score (nSPS) is 15.4. The second-order valence-electron chi connectivity index (χ2n) is 12.8. The van der Waals surface area contributed by atoms with E-state index in [1.54, 1.807) is 49.9 Å². The first kappa shape index (κ1) is 31.0. The number of rotatable bonds is 8. The lowest BCUT2D eigenvalue weighted by molar-refractivity contribution is -0.148. The number of nitrogens with zero attached hydrogens (tertiary/aromatic N) is 1. The number of ether oxygens (including phenoxy) is 1. The van der Waals surface area contributed by atoms with Crippen molar-refractivity contribution in [2.75, 3.05) is 0 Å². The lowest BCUT2D eigenvalue weighted by atomic mass is 9.85. The van der Waals surface area contributed by atoms with Crippen molar-refractivity contribution in [1.82, 2.24) is 15.5 Å². The van der Waals surface area contributed by atoms with Crippen LogP contribution < -0.4 is 10.6 Å². The molecule has 0 aliphatic heterocycles. The van der Waals surface area contributed by atoms with Crippen molar-refractivity contribution in [1.29, 1.82) is 0 Å². The van der Waals surface area contributed by atoms with Crippen LogP contribution >= 0.6 is 0 Å². The molecule has 218 valence electrons. The van der Waals surface area contributed by atoms with Gasteiger partial charge in [-0.2, -0.15) is 0 Å². The van der Waals surface area contributed by atoms with Gasteiger partial charge in [-0.25, -0.2) is 4.79 Å². The fourth-order valence-electron chi connectivity index (χ4n) is 4.97. The van der Waals surface area contributed by atoms with Gasteiger partial charge in [0.15, 0.2) is 0 Å². The van der Waals surface area contributed by atoms with Gasteiger partial charge in [0.2, 0.25) is 11.8 Å². The molecule has 3 rings (SSSR count). The van der Waals surface area contributed by atoms with E-state index >= 15 is 0 Å². The Morgan fingerprint density at radius 3 is 2.02 bits per heavy atom. The van der Waals surface area contributed by atoms with Crippen molar-refractivity contribution in [2.45, 2.75) is 110 Å². The van der Waals surface area contributed by atoms with Gasteiger partial charge in [-0.05, 0) is 109 Å². The van der Waals surface area contributed by atoms with E-state index in [1.165, 1.54) is 0 Å². The largest absolute Gasteiger partial charge is 0.508 e. The Morgan fingerprint density at radius 2 is 1.55 bits per heavy atom. The van der Waals surface area contributed by atoms with Crippen molar-refractivity contribution >= 4 is 17.9 Å². The van der Waals surface area contributed by atoms with Crippen LogP contribution in [0.15, 0.2) is 42.5 Å². The third-order valence-corrected chi connectivity index (χ3v) is 6.93. The van der Waals surface area contributed by atoms with Gasteiger partial charge < -0.3 is 25.4 Å². The number of aromatic hydroxyl groups is 1. The van der Waals surface area contributed by atoms with Crippen LogP contribution in [-0.4, -0.2) is 51.1 Å². The zero-order chi connectivity index (χ0) is 29.8. The zero-order valence-corrected chi connectivity index (χ0v) is 25.1. The molecule has 0 radical (unpaired) electrons. The zero-order valence-electron chi connectivity index (χ0n) is 25.1. The van der Waals surface area contributed by atoms with Gasteiger partial charge in [-0.1, -0.05) is 30.3 Å². The van der Waals surface area contributed by atoms with E-state index in [0.717, 1.165) is 41.5 Å². The number of phenols is 1. The van der Waals surface area contributed by atoms with E-state index in [2.05, 4.69) is 10.6 Å². The Labute approximate surface area is 238 Å². The van der Waals surface area contributed by atoms with E-state index in [0.29, 0.717) is 0 Å². The lowest BCUT2D eigenvalue weighted by Gasteiger charge is -2.45. The molecule has 2 aromatic rings. The van der Waals surface area contributed by atoms with Gasteiger partial charge in [0.1, 0.15) is 23.4 Å². The highest BCUT2D eigenvalue weighted by atomic mass is 16.6. The van der Waals surface area contributed by atoms with E-state index in [4.69, 9.17) is 4.74 Å². The van der Waals surface area contributed by atoms with Crippen LogP contribution in [0.25, 0.3) is 0 Å². The molecule has 8 heteroatoms. The first-order valence-electron chi connectivity index (χ1n) is 14.0. The molecule has 1 aliphatic carbocycles. The lowest BCUT2D eigenvalue weighted by Crippen LogP contribution is -2.59. The molecule has 3 N–H and O–H groups in total. The Kier molecular flexibility index (Phi) is 9.54. The topological polar surface area (TPSA) is 108 Å². The SMILES string of the molecule is Cc1cccc(C)c1C(C(=O)NC(C)(C)C)N(C(=O)C(Cc1ccc(O)cc1)NC(=O)OC(C)(C)C)C1CCC1. The summed E-state index contributed by atoms with van der Waals surface area (Å²) in [6, 6.07) is 10.4. The van der Waals surface area contributed by atoms with E-state index in [1.807, 2.05) is 52.8 Å². The fraction of sp³-hybridized carbons (Fsp3) is 0.531. The molecule has 2 aromatic carbocycles. The smallest absolute Gasteiger partial charge is 0.408 e. The summed E-state index contributed by atoms with van der Waals surface area (Å²) < 4.78 is 5.51. The van der Waals surface area contributed by atoms with E-state index in [9.17, 15) is 19.5 Å². The molecular weight excluding hydrogens is 506 g/mol. The highest BCUT2D eigenvalue weighted by Gasteiger charge is 2.43. The predicted molar refractivity (Wildman–Crippen MR) is 156 cm³/mol. The maximum absolute atomic E-state index is 14.6. The summed E-state index contributed by atoms with van der Waals surface area (Å²) in [5.41, 5.74) is 2.12. The minimum absolute atomic E-state index is 0.108. The van der Waals surface area contributed by atoms with Crippen molar-refractivity contribution < 1.29 is 24.2 Å². The quantitative estimate of drug-likeness (QED) is 0.403. The summed E-state index contributed by atoms with van der Waals surface area (Å²) in [6.45, 7) is 14.9. The monoisotopic (exact) mass is 551 g/mol. The van der Waals surface area contributed by atoms with Gasteiger partial charge in [0.05, 0.1) is 0 Å². The summed E-state index contributed by atoms with van der Waals surface area (Å²) in [5.74, 6) is -0.497. The van der Waals surface area contributed by atoms with Crippen molar-refractivity contribution in [3.63, 3.8) is 0 Å². The molecule has 1 saturated carbocycles. The summed E-state index contributed by atoms with van der Waals surface area (Å²) in [5, 5.41) is 15.7. The average molecular weight is 552 g/mol. The summed E-state index contributed by atoms with van der Waals surface area (Å²) >= 11 is 0. The van der Waals surface area contributed by atoms with Gasteiger partial charge in [0, 0.05) is 18.0 Å². The van der Waals surface area contributed by atoms with Crippen molar-refractivity contribution in [3.8, 4) is 5.75 Å². The van der Waals surface area contributed by atoms with Gasteiger partial charge >= 0.3 is 6.09 Å². The van der Waals surface area contributed by atoms with Crippen molar-refractivity contribution in [3.05, 3.63) is 64.7 Å². The maximum Gasteiger partial charge on any atom is 0.408 e. The molecule has 0 spiro atoms. The Balaban J connectivity index is 2.11. The van der Waals surface area contributed by atoms with Gasteiger partial charge in [0.25, 0.3) is 0 Å². The highest BCUT2D eigenvalue weighted by molar-refractivity contribution is 5.93. The summed E-state index contributed by atoms with van der Waals surface area (Å²) in [7, 11) is 0. The number of carbonyl (C=O) groups is 3. The van der Waals surface area contributed by atoms with E-state index in [-0.39, 0.29) is 30.0 Å². The molecule has 1 aliphatic rings. The minimum atomic E-state index is -0.991. The molecule has 2 unspecified atom stereocenters. The minimum Gasteiger partial charge on any atom is -0.508 e. The average Bonchev–Trinajstić information content (AvgIpc) is 2.77. The van der Waals surface area contributed by atoms with Crippen LogP contribution in [0.4, 0.5) is 4.79 Å². The molecule has 40 heavy (non-hydrogen) atoms. The first-order valence-corrected chi connectivity index (χ1v) is 14.0. The molecule has 0 bridgehead atoms. The van der Waals surface area contributed by atoms with Gasteiger partial charge in [-0.15, -0.1) is 0 Å². The number of hydrogen-bond donors (Lipinski definition) is 3. The third kappa shape index (κ3) is 8.23. The number of alkyl carbamates (subject to hydrolysis) is 1. The number of amides is 3. The second kappa shape index (κ2) is 12.3. The molecule has 0 saturated heterocycles. The molecule has 2 atom stereocenters. The van der Waals surface area contributed by atoms with E-state index < -0.39 is 29.3 Å². The number of aryl methyl sites for hydroxylation is 2. The maximum atomic E-state index is 14.6. The molecule has 0 aromatic heterocycles. The number of nitrogens with one attached hydrogen (secondary N) is 2. The summed E-state index contributed by atoms with van der Waals surface area (Å²) in [6.07, 6.45) is 1.96. The first-order chi connectivity index (χ1) is 18.6. The second-order valence-corrected chi connectivity index (χ2v) is 12.8. The van der Waals surface area contributed by atoms with Crippen LogP contribution in [0, 0.1) is 13.8 Å². The fourth-order valence-corrected chi connectivity index (χ4v) is 4.97. The van der Waals surface area contributed by atoms with Gasteiger partial charge in [-0.3, -0.25) is 9.59 Å². The van der Waals surface area contributed by atoms with Crippen LogP contribution in [-0.2, 0) is 20.7 Å². The highest BCUT2D eigenvalue weighted by Crippen LogP contribution is 2.36. The Hall–Kier alpha value is -3.55. The number of hydrogen-bond acceptors (Lipinski definition) is 5. The van der Waals surface area contributed by atoms with Crippen molar-refractivity contribution in [2.24, 2.45) is 0 Å². The molecule has 1 fully saturated rings. The predicted octanol–water partition coefficient (Wildman–Crippen LogP) is 5.48. The molecule has 8 nitrogen and oxygen atoms in total. The Morgan fingerprint density at radius 1 is 0.975 bits per heavy atom.